The number of pyridine rings is 1. The van der Waals surface area contributed by atoms with Crippen LogP contribution in [-0.4, -0.2) is 33.0 Å². The Hall–Kier alpha value is -0.940. The molecular weight excluding hydrogens is 284 g/mol. The van der Waals surface area contributed by atoms with Gasteiger partial charge in [-0.05, 0) is 53.9 Å². The molecule has 1 N–H and O–H groups in total. The van der Waals surface area contributed by atoms with Gasteiger partial charge in [-0.25, -0.2) is 0 Å². The fourth-order valence-electron chi connectivity index (χ4n) is 2.28. The third kappa shape index (κ3) is 2.50. The molecule has 4 nitrogen and oxygen atoms in total. The summed E-state index contributed by atoms with van der Waals surface area (Å²) in [4.78, 5) is 17.4. The van der Waals surface area contributed by atoms with E-state index in [1.165, 1.54) is 0 Å². The fourth-order valence-corrected chi connectivity index (χ4v) is 2.69. The second-order valence-electron chi connectivity index (χ2n) is 4.62. The lowest BCUT2D eigenvalue weighted by molar-refractivity contribution is -0.148. The number of nitrogens with zero attached hydrogens (tertiary/aromatic N) is 2. The average Bonchev–Trinajstić information content (AvgIpc) is 2.62. The molecule has 0 aromatic carbocycles. The van der Waals surface area contributed by atoms with E-state index in [0.29, 0.717) is 13.0 Å². The molecule has 0 aliphatic carbocycles. The normalized spacial score (nSPS) is 25.1. The molecule has 1 fully saturated rings. The van der Waals surface area contributed by atoms with Gasteiger partial charge in [-0.2, -0.15) is 0 Å². The summed E-state index contributed by atoms with van der Waals surface area (Å²) in [5.74, 6) is -0.738. The van der Waals surface area contributed by atoms with Crippen molar-refractivity contribution in [1.29, 1.82) is 0 Å². The summed E-state index contributed by atoms with van der Waals surface area (Å²) in [5, 5.41) is 9.31. The Morgan fingerprint density at radius 2 is 2.41 bits per heavy atom. The molecule has 0 bridgehead atoms. The third-order valence-corrected chi connectivity index (χ3v) is 3.82. The standard InChI is InChI=1S/C12H15BrN2O2/c1-12(11(16)17)3-2-4-15(12)8-9-5-10(13)7-14-6-9/h5-7H,2-4,8H2,1H3,(H,16,17). The van der Waals surface area contributed by atoms with E-state index in [9.17, 15) is 9.90 Å². The zero-order chi connectivity index (χ0) is 12.5. The molecule has 1 atom stereocenters. The Labute approximate surface area is 109 Å². The summed E-state index contributed by atoms with van der Waals surface area (Å²) in [6.45, 7) is 3.26. The average molecular weight is 299 g/mol. The van der Waals surface area contributed by atoms with Crippen LogP contribution in [0.3, 0.4) is 0 Å². The van der Waals surface area contributed by atoms with E-state index in [1.54, 1.807) is 19.3 Å². The van der Waals surface area contributed by atoms with Crippen LogP contribution in [0.4, 0.5) is 0 Å². The van der Waals surface area contributed by atoms with Crippen LogP contribution in [0.2, 0.25) is 0 Å². The van der Waals surface area contributed by atoms with E-state index in [4.69, 9.17) is 0 Å². The van der Waals surface area contributed by atoms with Crippen LogP contribution < -0.4 is 0 Å². The van der Waals surface area contributed by atoms with Crippen molar-refractivity contribution in [3.63, 3.8) is 0 Å². The highest BCUT2D eigenvalue weighted by molar-refractivity contribution is 9.10. The molecule has 2 rings (SSSR count). The minimum Gasteiger partial charge on any atom is -0.480 e. The van der Waals surface area contributed by atoms with Gasteiger partial charge in [0.15, 0.2) is 0 Å². The van der Waals surface area contributed by atoms with Crippen molar-refractivity contribution >= 4 is 21.9 Å². The highest BCUT2D eigenvalue weighted by Crippen LogP contribution is 2.30. The number of hydrogen-bond donors (Lipinski definition) is 1. The maximum atomic E-state index is 11.3. The Morgan fingerprint density at radius 3 is 3.06 bits per heavy atom. The van der Waals surface area contributed by atoms with Gasteiger partial charge in [0.05, 0.1) is 0 Å². The second kappa shape index (κ2) is 4.74. The predicted octanol–water partition coefficient (Wildman–Crippen LogP) is 2.28. The number of hydrogen-bond acceptors (Lipinski definition) is 3. The van der Waals surface area contributed by atoms with Gasteiger partial charge in [-0.15, -0.1) is 0 Å². The summed E-state index contributed by atoms with van der Waals surface area (Å²) >= 11 is 3.37. The van der Waals surface area contributed by atoms with Crippen LogP contribution >= 0.6 is 15.9 Å². The molecule has 1 aromatic rings. The van der Waals surface area contributed by atoms with E-state index >= 15 is 0 Å². The summed E-state index contributed by atoms with van der Waals surface area (Å²) in [6.07, 6.45) is 5.16. The molecule has 5 heteroatoms. The van der Waals surface area contributed by atoms with Gasteiger partial charge in [-0.3, -0.25) is 14.7 Å². The van der Waals surface area contributed by atoms with Crippen molar-refractivity contribution in [3.8, 4) is 0 Å². The number of aromatic nitrogens is 1. The van der Waals surface area contributed by atoms with Gasteiger partial charge in [0.2, 0.25) is 0 Å². The smallest absolute Gasteiger partial charge is 0.323 e. The number of rotatable bonds is 3. The first kappa shape index (κ1) is 12.5. The zero-order valence-electron chi connectivity index (χ0n) is 9.69. The number of carbonyl (C=O) groups is 1. The molecule has 0 amide bonds. The van der Waals surface area contributed by atoms with Gasteiger partial charge in [0.1, 0.15) is 5.54 Å². The van der Waals surface area contributed by atoms with Crippen LogP contribution in [0.15, 0.2) is 22.9 Å². The fraction of sp³-hybridized carbons (Fsp3) is 0.500. The minimum atomic E-state index is -0.738. The van der Waals surface area contributed by atoms with Crippen molar-refractivity contribution < 1.29 is 9.90 Å². The lowest BCUT2D eigenvalue weighted by Gasteiger charge is -2.31. The summed E-state index contributed by atoms with van der Waals surface area (Å²) in [6, 6.07) is 1.98. The highest BCUT2D eigenvalue weighted by Gasteiger charge is 2.43. The lowest BCUT2D eigenvalue weighted by atomic mass is 9.99. The topological polar surface area (TPSA) is 53.4 Å². The minimum absolute atomic E-state index is 0.634. The van der Waals surface area contributed by atoms with E-state index in [1.807, 2.05) is 11.0 Å². The van der Waals surface area contributed by atoms with Gasteiger partial charge in [0.25, 0.3) is 0 Å². The molecule has 1 aromatic heterocycles. The number of carboxylic acid groups (broad SMARTS) is 1. The number of carboxylic acids is 1. The van der Waals surface area contributed by atoms with Gasteiger partial charge in [-0.1, -0.05) is 0 Å². The van der Waals surface area contributed by atoms with Gasteiger partial charge >= 0.3 is 5.97 Å². The zero-order valence-corrected chi connectivity index (χ0v) is 11.3. The van der Waals surface area contributed by atoms with Crippen molar-refractivity contribution in [2.45, 2.75) is 31.8 Å². The third-order valence-electron chi connectivity index (χ3n) is 3.39. The second-order valence-corrected chi connectivity index (χ2v) is 5.53. The first-order valence-electron chi connectivity index (χ1n) is 5.60. The van der Waals surface area contributed by atoms with Crippen molar-refractivity contribution in [1.82, 2.24) is 9.88 Å². The van der Waals surface area contributed by atoms with E-state index < -0.39 is 11.5 Å². The Bertz CT molecular complexity index is 438. The molecule has 17 heavy (non-hydrogen) atoms. The van der Waals surface area contributed by atoms with Crippen LogP contribution in [-0.2, 0) is 11.3 Å². The predicted molar refractivity (Wildman–Crippen MR) is 67.6 cm³/mol. The number of likely N-dealkylation sites (tertiary alicyclic amines) is 1. The Morgan fingerprint density at radius 1 is 1.65 bits per heavy atom. The van der Waals surface area contributed by atoms with Crippen molar-refractivity contribution in [2.75, 3.05) is 6.54 Å². The molecule has 92 valence electrons. The van der Waals surface area contributed by atoms with Gasteiger partial charge in [0, 0.05) is 23.4 Å². The van der Waals surface area contributed by atoms with E-state index in [2.05, 4.69) is 20.9 Å². The van der Waals surface area contributed by atoms with Crippen LogP contribution in [0.5, 0.6) is 0 Å². The first-order valence-corrected chi connectivity index (χ1v) is 6.39. The molecule has 0 spiro atoms. The molecule has 1 aliphatic heterocycles. The Balaban J connectivity index is 2.16. The molecule has 2 heterocycles. The monoisotopic (exact) mass is 298 g/mol. The highest BCUT2D eigenvalue weighted by atomic mass is 79.9. The Kier molecular flexibility index (Phi) is 3.49. The van der Waals surface area contributed by atoms with Crippen LogP contribution in [0.1, 0.15) is 25.3 Å². The van der Waals surface area contributed by atoms with Gasteiger partial charge < -0.3 is 5.11 Å². The largest absolute Gasteiger partial charge is 0.480 e. The number of halogens is 1. The summed E-state index contributed by atoms with van der Waals surface area (Å²) < 4.78 is 0.922. The first-order chi connectivity index (χ1) is 8.02. The maximum Gasteiger partial charge on any atom is 0.323 e. The number of aliphatic carboxylic acids is 1. The molecule has 0 radical (unpaired) electrons. The molecule has 1 unspecified atom stereocenters. The molecular formula is C12H15BrN2O2. The maximum absolute atomic E-state index is 11.3. The van der Waals surface area contributed by atoms with Crippen molar-refractivity contribution in [3.05, 3.63) is 28.5 Å². The quantitative estimate of drug-likeness (QED) is 0.930. The summed E-state index contributed by atoms with van der Waals surface area (Å²) in [5.41, 5.74) is 0.302. The van der Waals surface area contributed by atoms with Crippen molar-refractivity contribution in [2.24, 2.45) is 0 Å². The lowest BCUT2D eigenvalue weighted by Crippen LogP contribution is -2.47. The SMILES string of the molecule is CC1(C(=O)O)CCCN1Cc1cncc(Br)c1. The molecule has 0 saturated carbocycles. The molecule has 1 saturated heterocycles. The summed E-state index contributed by atoms with van der Waals surface area (Å²) in [7, 11) is 0. The van der Waals surface area contributed by atoms with Crippen LogP contribution in [0.25, 0.3) is 0 Å². The van der Waals surface area contributed by atoms with E-state index in [-0.39, 0.29) is 0 Å². The van der Waals surface area contributed by atoms with E-state index in [0.717, 1.165) is 23.0 Å². The molecule has 1 aliphatic rings. The van der Waals surface area contributed by atoms with Crippen LogP contribution in [0, 0.1) is 0 Å².